The van der Waals surface area contributed by atoms with Gasteiger partial charge in [-0.3, -0.25) is 0 Å². The number of hydrogen-bond acceptors (Lipinski definition) is 5. The monoisotopic (exact) mass is 309 g/mol. The maximum Gasteiger partial charge on any atom is 0.186 e. The topological polar surface area (TPSA) is 42.2 Å². The van der Waals surface area contributed by atoms with Crippen LogP contribution in [0.2, 0.25) is 0 Å². The fraction of sp³-hybridized carbons (Fsp3) is 0.533. The molecule has 2 aromatic rings. The minimum atomic E-state index is 0.425. The lowest BCUT2D eigenvalue weighted by Gasteiger charge is -2.25. The molecule has 0 radical (unpaired) electrons. The van der Waals surface area contributed by atoms with E-state index in [9.17, 15) is 0 Å². The minimum absolute atomic E-state index is 0.425. The van der Waals surface area contributed by atoms with Crippen molar-refractivity contribution in [1.82, 2.24) is 4.98 Å². The molecule has 0 atom stereocenters. The van der Waals surface area contributed by atoms with Gasteiger partial charge in [-0.15, -0.1) is 22.7 Å². The molecule has 0 aliphatic carbocycles. The smallest absolute Gasteiger partial charge is 0.186 e. The van der Waals surface area contributed by atoms with Crippen LogP contribution in [0, 0.1) is 0 Å². The third kappa shape index (κ3) is 3.40. The highest BCUT2D eigenvalue weighted by atomic mass is 32.1. The number of thiazole rings is 1. The lowest BCUT2D eigenvalue weighted by Crippen LogP contribution is -2.29. The van der Waals surface area contributed by atoms with Gasteiger partial charge in [0.1, 0.15) is 0 Å². The SMILES string of the molecule is CC(C)c1nc(N(Cc2cccs2)C(C)C)sc1CN. The van der Waals surface area contributed by atoms with E-state index in [0.29, 0.717) is 18.5 Å². The van der Waals surface area contributed by atoms with Gasteiger partial charge in [0.15, 0.2) is 5.13 Å². The highest BCUT2D eigenvalue weighted by Gasteiger charge is 2.20. The summed E-state index contributed by atoms with van der Waals surface area (Å²) >= 11 is 3.54. The van der Waals surface area contributed by atoms with Gasteiger partial charge in [-0.25, -0.2) is 4.98 Å². The summed E-state index contributed by atoms with van der Waals surface area (Å²) in [6, 6.07) is 4.71. The highest BCUT2D eigenvalue weighted by Crippen LogP contribution is 2.32. The van der Waals surface area contributed by atoms with E-state index < -0.39 is 0 Å². The average molecular weight is 310 g/mol. The van der Waals surface area contributed by atoms with Gasteiger partial charge < -0.3 is 10.6 Å². The molecule has 0 unspecified atom stereocenters. The Morgan fingerprint density at radius 3 is 2.50 bits per heavy atom. The number of nitrogens with zero attached hydrogens (tertiary/aromatic N) is 2. The molecule has 0 aliphatic rings. The van der Waals surface area contributed by atoms with E-state index in [1.165, 1.54) is 9.75 Å². The Morgan fingerprint density at radius 1 is 1.30 bits per heavy atom. The van der Waals surface area contributed by atoms with Crippen LogP contribution in [0.3, 0.4) is 0 Å². The summed E-state index contributed by atoms with van der Waals surface area (Å²) in [6.45, 7) is 10.3. The van der Waals surface area contributed by atoms with E-state index in [2.05, 4.69) is 50.1 Å². The zero-order valence-corrected chi connectivity index (χ0v) is 14.2. The van der Waals surface area contributed by atoms with E-state index in [0.717, 1.165) is 17.4 Å². The van der Waals surface area contributed by atoms with E-state index >= 15 is 0 Å². The van der Waals surface area contributed by atoms with Crippen molar-refractivity contribution in [3.8, 4) is 0 Å². The molecule has 0 bridgehead atoms. The summed E-state index contributed by atoms with van der Waals surface area (Å²) in [4.78, 5) is 9.80. The van der Waals surface area contributed by atoms with Crippen molar-refractivity contribution >= 4 is 27.8 Å². The molecule has 0 spiro atoms. The van der Waals surface area contributed by atoms with Crippen molar-refractivity contribution in [3.05, 3.63) is 33.0 Å². The Morgan fingerprint density at radius 2 is 2.05 bits per heavy atom. The van der Waals surface area contributed by atoms with Crippen LogP contribution in [0.25, 0.3) is 0 Å². The molecule has 0 amide bonds. The van der Waals surface area contributed by atoms with Crippen molar-refractivity contribution in [2.75, 3.05) is 4.90 Å². The first-order valence-corrected chi connectivity index (χ1v) is 8.71. The molecule has 0 saturated carbocycles. The molecule has 0 aromatic carbocycles. The van der Waals surface area contributed by atoms with Crippen molar-refractivity contribution in [2.24, 2.45) is 5.73 Å². The maximum atomic E-state index is 5.87. The maximum absolute atomic E-state index is 5.87. The first kappa shape index (κ1) is 15.5. The largest absolute Gasteiger partial charge is 0.341 e. The molecule has 110 valence electrons. The summed E-state index contributed by atoms with van der Waals surface area (Å²) in [5, 5.41) is 3.22. The van der Waals surface area contributed by atoms with Crippen LogP contribution >= 0.6 is 22.7 Å². The van der Waals surface area contributed by atoms with Gasteiger partial charge in [0.25, 0.3) is 0 Å². The van der Waals surface area contributed by atoms with Crippen molar-refractivity contribution in [1.29, 1.82) is 0 Å². The van der Waals surface area contributed by atoms with Crippen LogP contribution in [0.5, 0.6) is 0 Å². The third-order valence-corrected chi connectivity index (χ3v) is 5.22. The summed E-state index contributed by atoms with van der Waals surface area (Å²) in [5.41, 5.74) is 7.02. The number of nitrogens with two attached hydrogens (primary N) is 1. The summed E-state index contributed by atoms with van der Waals surface area (Å²) in [5.74, 6) is 0.425. The van der Waals surface area contributed by atoms with Crippen LogP contribution in [0.15, 0.2) is 17.5 Å². The Balaban J connectivity index is 2.29. The lowest BCUT2D eigenvalue weighted by atomic mass is 10.1. The Hall–Kier alpha value is -0.910. The molecule has 2 rings (SSSR count). The van der Waals surface area contributed by atoms with E-state index in [1.54, 1.807) is 22.7 Å². The molecular formula is C15H23N3S2. The summed E-state index contributed by atoms with van der Waals surface area (Å²) < 4.78 is 0. The molecule has 0 saturated heterocycles. The Labute approximate surface area is 129 Å². The number of anilines is 1. The van der Waals surface area contributed by atoms with Gasteiger partial charge in [0.05, 0.1) is 12.2 Å². The average Bonchev–Trinajstić information content (AvgIpc) is 3.04. The fourth-order valence-corrected chi connectivity index (χ4v) is 4.04. The second-order valence-corrected chi connectivity index (χ2v) is 7.56. The van der Waals surface area contributed by atoms with Crippen LogP contribution in [-0.4, -0.2) is 11.0 Å². The standard InChI is InChI=1S/C15H23N3S2/c1-10(2)14-13(8-16)20-15(17-14)18(11(3)4)9-12-6-5-7-19-12/h5-7,10-11H,8-9,16H2,1-4H3. The molecule has 5 heteroatoms. The Kier molecular flexibility index (Phi) is 5.18. The Bertz CT molecular complexity index is 529. The summed E-state index contributed by atoms with van der Waals surface area (Å²) in [7, 11) is 0. The molecule has 2 aromatic heterocycles. The quantitative estimate of drug-likeness (QED) is 0.869. The number of aromatic nitrogens is 1. The van der Waals surface area contributed by atoms with Gasteiger partial charge in [-0.2, -0.15) is 0 Å². The normalized spacial score (nSPS) is 11.6. The van der Waals surface area contributed by atoms with Crippen LogP contribution in [0.4, 0.5) is 5.13 Å². The van der Waals surface area contributed by atoms with E-state index in [-0.39, 0.29) is 0 Å². The predicted molar refractivity (Wildman–Crippen MR) is 89.7 cm³/mol. The van der Waals surface area contributed by atoms with Gasteiger partial charge >= 0.3 is 0 Å². The highest BCUT2D eigenvalue weighted by molar-refractivity contribution is 7.15. The molecule has 3 nitrogen and oxygen atoms in total. The van der Waals surface area contributed by atoms with Crippen molar-refractivity contribution < 1.29 is 0 Å². The third-order valence-electron chi connectivity index (χ3n) is 3.22. The van der Waals surface area contributed by atoms with Gasteiger partial charge in [-0.05, 0) is 31.2 Å². The zero-order valence-electron chi connectivity index (χ0n) is 12.6. The van der Waals surface area contributed by atoms with Gasteiger partial charge in [0.2, 0.25) is 0 Å². The van der Waals surface area contributed by atoms with Crippen LogP contribution in [-0.2, 0) is 13.1 Å². The molecule has 0 fully saturated rings. The number of hydrogen-bond donors (Lipinski definition) is 1. The number of thiophene rings is 1. The first-order valence-electron chi connectivity index (χ1n) is 7.01. The minimum Gasteiger partial charge on any atom is -0.341 e. The predicted octanol–water partition coefficient (Wildman–Crippen LogP) is 4.20. The van der Waals surface area contributed by atoms with Crippen LogP contribution < -0.4 is 10.6 Å². The zero-order chi connectivity index (χ0) is 14.7. The molecule has 20 heavy (non-hydrogen) atoms. The fourth-order valence-electron chi connectivity index (χ4n) is 2.11. The van der Waals surface area contributed by atoms with Crippen molar-refractivity contribution in [3.63, 3.8) is 0 Å². The molecular weight excluding hydrogens is 286 g/mol. The molecule has 2 N–H and O–H groups in total. The van der Waals surface area contributed by atoms with Crippen LogP contribution in [0.1, 0.15) is 49.1 Å². The molecule has 2 heterocycles. The first-order chi connectivity index (χ1) is 9.52. The van der Waals surface area contributed by atoms with Crippen molar-refractivity contribution in [2.45, 2.75) is 52.7 Å². The second-order valence-electron chi connectivity index (χ2n) is 5.46. The summed E-state index contributed by atoms with van der Waals surface area (Å²) in [6.07, 6.45) is 0. The van der Waals surface area contributed by atoms with E-state index in [1.807, 2.05) is 0 Å². The van der Waals surface area contributed by atoms with Gasteiger partial charge in [-0.1, -0.05) is 19.9 Å². The second kappa shape index (κ2) is 6.70. The number of rotatable bonds is 6. The van der Waals surface area contributed by atoms with Gasteiger partial charge in [0, 0.05) is 22.3 Å². The molecule has 0 aliphatic heterocycles. The lowest BCUT2D eigenvalue weighted by molar-refractivity contribution is 0.680. The van der Waals surface area contributed by atoms with E-state index in [4.69, 9.17) is 10.7 Å².